The van der Waals surface area contributed by atoms with E-state index in [1.165, 1.54) is 0 Å². The highest BCUT2D eigenvalue weighted by Crippen LogP contribution is 1.95. The number of nitrogens with one attached hydrogen (secondary N) is 2. The van der Waals surface area contributed by atoms with Crippen LogP contribution < -0.4 is 10.6 Å². The molecule has 4 nitrogen and oxygen atoms in total. The summed E-state index contributed by atoms with van der Waals surface area (Å²) in [7, 11) is 0. The standard InChI is InChI=1S/C11H24N2O2/c1-5-8(2)13-11(15)7-12-9(3)6-10(4)14/h8-10,12,14H,5-7H2,1-4H3,(H,13,15). The predicted octanol–water partition coefficient (Wildman–Crippen LogP) is 0.650. The molecule has 15 heavy (non-hydrogen) atoms. The molecule has 90 valence electrons. The number of hydrogen-bond donors (Lipinski definition) is 3. The van der Waals surface area contributed by atoms with Crippen molar-refractivity contribution in [1.29, 1.82) is 0 Å². The number of hydrogen-bond acceptors (Lipinski definition) is 3. The van der Waals surface area contributed by atoms with Crippen molar-refractivity contribution in [2.24, 2.45) is 0 Å². The zero-order valence-corrected chi connectivity index (χ0v) is 10.2. The third-order valence-electron chi connectivity index (χ3n) is 2.33. The Morgan fingerprint density at radius 3 is 2.33 bits per heavy atom. The Morgan fingerprint density at radius 1 is 1.27 bits per heavy atom. The highest BCUT2D eigenvalue weighted by atomic mass is 16.3. The van der Waals surface area contributed by atoms with Crippen LogP contribution >= 0.6 is 0 Å². The molecule has 0 aromatic rings. The zero-order valence-electron chi connectivity index (χ0n) is 10.2. The summed E-state index contributed by atoms with van der Waals surface area (Å²) in [6.45, 7) is 8.05. The molecule has 0 spiro atoms. The van der Waals surface area contributed by atoms with Crippen molar-refractivity contribution in [3.05, 3.63) is 0 Å². The van der Waals surface area contributed by atoms with Crippen LogP contribution in [0.15, 0.2) is 0 Å². The molecule has 4 heteroatoms. The van der Waals surface area contributed by atoms with Crippen LogP contribution in [-0.4, -0.2) is 35.7 Å². The smallest absolute Gasteiger partial charge is 0.234 e. The second kappa shape index (κ2) is 7.65. The Bertz CT molecular complexity index is 183. The molecule has 0 heterocycles. The second-order valence-electron chi connectivity index (χ2n) is 4.24. The minimum absolute atomic E-state index is 0.0155. The fourth-order valence-electron chi connectivity index (χ4n) is 1.29. The van der Waals surface area contributed by atoms with Gasteiger partial charge in [-0.05, 0) is 33.6 Å². The van der Waals surface area contributed by atoms with E-state index < -0.39 is 0 Å². The van der Waals surface area contributed by atoms with Gasteiger partial charge in [0.2, 0.25) is 5.91 Å². The maximum absolute atomic E-state index is 11.4. The van der Waals surface area contributed by atoms with Gasteiger partial charge in [-0.25, -0.2) is 0 Å². The molecule has 0 aromatic carbocycles. The lowest BCUT2D eigenvalue weighted by Crippen LogP contribution is -2.42. The van der Waals surface area contributed by atoms with E-state index in [1.54, 1.807) is 6.92 Å². The summed E-state index contributed by atoms with van der Waals surface area (Å²) >= 11 is 0. The summed E-state index contributed by atoms with van der Waals surface area (Å²) in [5, 5.41) is 15.1. The van der Waals surface area contributed by atoms with Gasteiger partial charge in [-0.15, -0.1) is 0 Å². The van der Waals surface area contributed by atoms with Crippen molar-refractivity contribution in [1.82, 2.24) is 10.6 Å². The minimum atomic E-state index is -0.329. The molecule has 0 aliphatic heterocycles. The molecular formula is C11H24N2O2. The maximum atomic E-state index is 11.4. The first-order valence-electron chi connectivity index (χ1n) is 5.66. The Kier molecular flexibility index (Phi) is 7.34. The fraction of sp³-hybridized carbons (Fsp3) is 0.909. The van der Waals surface area contributed by atoms with Gasteiger partial charge in [0.25, 0.3) is 0 Å². The van der Waals surface area contributed by atoms with Crippen LogP contribution in [0.2, 0.25) is 0 Å². The summed E-state index contributed by atoms with van der Waals surface area (Å²) in [6, 6.07) is 0.388. The number of carbonyl (C=O) groups is 1. The predicted molar refractivity (Wildman–Crippen MR) is 61.7 cm³/mol. The number of amides is 1. The van der Waals surface area contributed by atoms with Crippen molar-refractivity contribution in [3.8, 4) is 0 Å². The van der Waals surface area contributed by atoms with Crippen LogP contribution in [0.25, 0.3) is 0 Å². The van der Waals surface area contributed by atoms with Gasteiger partial charge in [-0.2, -0.15) is 0 Å². The van der Waals surface area contributed by atoms with Gasteiger partial charge in [-0.3, -0.25) is 4.79 Å². The van der Waals surface area contributed by atoms with Crippen molar-refractivity contribution < 1.29 is 9.90 Å². The Balaban J connectivity index is 3.61. The van der Waals surface area contributed by atoms with Crippen LogP contribution in [0.4, 0.5) is 0 Å². The van der Waals surface area contributed by atoms with Gasteiger partial charge < -0.3 is 15.7 Å². The lowest BCUT2D eigenvalue weighted by Gasteiger charge is -2.16. The molecule has 0 bridgehead atoms. The number of aliphatic hydroxyl groups excluding tert-OH is 1. The lowest BCUT2D eigenvalue weighted by atomic mass is 10.1. The largest absolute Gasteiger partial charge is 0.393 e. The topological polar surface area (TPSA) is 61.4 Å². The molecule has 0 aromatic heterocycles. The minimum Gasteiger partial charge on any atom is -0.393 e. The molecule has 3 N–H and O–H groups in total. The lowest BCUT2D eigenvalue weighted by molar-refractivity contribution is -0.121. The molecule has 0 aliphatic rings. The third kappa shape index (κ3) is 8.39. The van der Waals surface area contributed by atoms with Crippen molar-refractivity contribution in [2.45, 2.75) is 58.7 Å². The van der Waals surface area contributed by atoms with Crippen LogP contribution in [0.5, 0.6) is 0 Å². The van der Waals surface area contributed by atoms with Crippen LogP contribution in [-0.2, 0) is 4.79 Å². The molecule has 0 saturated heterocycles. The van der Waals surface area contributed by atoms with Gasteiger partial charge in [0.05, 0.1) is 12.6 Å². The van der Waals surface area contributed by atoms with Crippen molar-refractivity contribution in [2.75, 3.05) is 6.54 Å². The first-order valence-corrected chi connectivity index (χ1v) is 5.66. The molecule has 0 fully saturated rings. The number of aliphatic hydroxyl groups is 1. The van der Waals surface area contributed by atoms with E-state index in [9.17, 15) is 4.79 Å². The van der Waals surface area contributed by atoms with Gasteiger partial charge in [-0.1, -0.05) is 6.92 Å². The Morgan fingerprint density at radius 2 is 1.87 bits per heavy atom. The first-order chi connectivity index (χ1) is 6.95. The molecule has 1 amide bonds. The Hall–Kier alpha value is -0.610. The third-order valence-corrected chi connectivity index (χ3v) is 2.33. The molecule has 3 atom stereocenters. The SMILES string of the molecule is CCC(C)NC(=O)CNC(C)CC(C)O. The van der Waals surface area contributed by atoms with E-state index in [-0.39, 0.29) is 24.1 Å². The number of rotatable bonds is 7. The summed E-state index contributed by atoms with van der Waals surface area (Å²) in [4.78, 5) is 11.4. The summed E-state index contributed by atoms with van der Waals surface area (Å²) < 4.78 is 0. The molecule has 0 rings (SSSR count). The fourth-order valence-corrected chi connectivity index (χ4v) is 1.29. The van der Waals surface area contributed by atoms with E-state index in [2.05, 4.69) is 10.6 Å². The van der Waals surface area contributed by atoms with Gasteiger partial charge in [0.15, 0.2) is 0 Å². The van der Waals surface area contributed by atoms with E-state index >= 15 is 0 Å². The van der Waals surface area contributed by atoms with Crippen LogP contribution in [0.1, 0.15) is 40.5 Å². The molecule has 3 unspecified atom stereocenters. The van der Waals surface area contributed by atoms with E-state index in [0.29, 0.717) is 13.0 Å². The second-order valence-corrected chi connectivity index (χ2v) is 4.24. The summed E-state index contributed by atoms with van der Waals surface area (Å²) in [5.41, 5.74) is 0. The number of carbonyl (C=O) groups excluding carboxylic acids is 1. The molecule has 0 radical (unpaired) electrons. The molecule has 0 aliphatic carbocycles. The van der Waals surface area contributed by atoms with Crippen LogP contribution in [0, 0.1) is 0 Å². The monoisotopic (exact) mass is 216 g/mol. The van der Waals surface area contributed by atoms with E-state index in [1.807, 2.05) is 20.8 Å². The van der Waals surface area contributed by atoms with Crippen molar-refractivity contribution in [3.63, 3.8) is 0 Å². The summed E-state index contributed by atoms with van der Waals surface area (Å²) in [5.74, 6) is 0.0155. The van der Waals surface area contributed by atoms with E-state index in [4.69, 9.17) is 5.11 Å². The maximum Gasteiger partial charge on any atom is 0.234 e. The van der Waals surface area contributed by atoms with Gasteiger partial charge in [0, 0.05) is 12.1 Å². The first kappa shape index (κ1) is 14.4. The van der Waals surface area contributed by atoms with Gasteiger partial charge in [0.1, 0.15) is 0 Å². The average Bonchev–Trinajstić information content (AvgIpc) is 2.13. The normalized spacial score (nSPS) is 16.9. The highest BCUT2D eigenvalue weighted by molar-refractivity contribution is 5.78. The molecular weight excluding hydrogens is 192 g/mol. The summed E-state index contributed by atoms with van der Waals surface area (Å²) in [6.07, 6.45) is 1.27. The quantitative estimate of drug-likeness (QED) is 0.585. The molecule has 0 saturated carbocycles. The highest BCUT2D eigenvalue weighted by Gasteiger charge is 2.09. The van der Waals surface area contributed by atoms with Crippen LogP contribution in [0.3, 0.4) is 0 Å². The Labute approximate surface area is 92.4 Å². The zero-order chi connectivity index (χ0) is 11.8. The van der Waals surface area contributed by atoms with E-state index in [0.717, 1.165) is 6.42 Å². The average molecular weight is 216 g/mol. The van der Waals surface area contributed by atoms with Crippen molar-refractivity contribution >= 4 is 5.91 Å². The van der Waals surface area contributed by atoms with Gasteiger partial charge >= 0.3 is 0 Å².